The molecule has 0 aromatic carbocycles. The second-order valence-corrected chi connectivity index (χ2v) is 9.59. The highest BCUT2D eigenvalue weighted by atomic mass is 79.9. The van der Waals surface area contributed by atoms with Crippen LogP contribution in [0.1, 0.15) is 25.0 Å². The number of hydrogen-bond acceptors (Lipinski definition) is 3. The van der Waals surface area contributed by atoms with E-state index >= 15 is 0 Å². The van der Waals surface area contributed by atoms with E-state index in [-0.39, 0.29) is 0 Å². The van der Waals surface area contributed by atoms with Gasteiger partial charge in [0, 0.05) is 20.4 Å². The van der Waals surface area contributed by atoms with Crippen molar-refractivity contribution in [2.45, 2.75) is 17.0 Å². The highest BCUT2D eigenvalue weighted by Gasteiger charge is 2.19. The van der Waals surface area contributed by atoms with E-state index in [2.05, 4.69) is 50.1 Å². The molecule has 0 fully saturated rings. The van der Waals surface area contributed by atoms with Crippen LogP contribution >= 0.6 is 66.3 Å². The molecule has 0 bridgehead atoms. The highest BCUT2D eigenvalue weighted by molar-refractivity contribution is 9.11. The van der Waals surface area contributed by atoms with Crippen molar-refractivity contribution in [2.24, 2.45) is 0 Å². The summed E-state index contributed by atoms with van der Waals surface area (Å²) in [5, 5.41) is 0. The summed E-state index contributed by atoms with van der Waals surface area (Å²) in [6, 6.07) is 6.71. The minimum atomic E-state index is 0.361. The van der Waals surface area contributed by atoms with Gasteiger partial charge in [-0.15, -0.1) is 22.7 Å². The SMILES string of the molecule is Brc1ccc(C(Br)c2cc3c(s2)CCSC3)s1. The lowest BCUT2D eigenvalue weighted by molar-refractivity contribution is 1.13. The van der Waals surface area contributed by atoms with Crippen molar-refractivity contribution in [1.29, 1.82) is 0 Å². The molecule has 1 unspecified atom stereocenters. The van der Waals surface area contributed by atoms with Gasteiger partial charge in [-0.3, -0.25) is 0 Å². The molecule has 0 aliphatic carbocycles. The zero-order chi connectivity index (χ0) is 11.8. The van der Waals surface area contributed by atoms with E-state index in [1.807, 2.05) is 34.4 Å². The Morgan fingerprint density at radius 3 is 2.76 bits per heavy atom. The maximum atomic E-state index is 3.83. The summed E-state index contributed by atoms with van der Waals surface area (Å²) in [4.78, 5) is 4.79. The van der Waals surface area contributed by atoms with Crippen LogP contribution in [0.2, 0.25) is 0 Å². The summed E-state index contributed by atoms with van der Waals surface area (Å²) in [7, 11) is 0. The van der Waals surface area contributed by atoms with Crippen molar-refractivity contribution in [1.82, 2.24) is 0 Å². The molecule has 0 N–H and O–H groups in total. The Hall–Kier alpha value is 0.710. The molecule has 0 saturated carbocycles. The van der Waals surface area contributed by atoms with Gasteiger partial charge in [-0.2, -0.15) is 11.8 Å². The van der Waals surface area contributed by atoms with Crippen LogP contribution in [0.3, 0.4) is 0 Å². The fraction of sp³-hybridized carbons (Fsp3) is 0.333. The van der Waals surface area contributed by atoms with E-state index in [0.717, 1.165) is 0 Å². The van der Waals surface area contributed by atoms with Gasteiger partial charge in [-0.25, -0.2) is 0 Å². The number of halogens is 2. The van der Waals surface area contributed by atoms with Gasteiger partial charge in [0.1, 0.15) is 0 Å². The van der Waals surface area contributed by atoms with Gasteiger partial charge >= 0.3 is 0 Å². The molecule has 2 aromatic heterocycles. The predicted molar refractivity (Wildman–Crippen MR) is 87.0 cm³/mol. The molecule has 17 heavy (non-hydrogen) atoms. The van der Waals surface area contributed by atoms with E-state index in [1.54, 1.807) is 10.4 Å². The quantitative estimate of drug-likeness (QED) is 0.561. The van der Waals surface area contributed by atoms with Gasteiger partial charge in [0.05, 0.1) is 8.61 Å². The molecular formula is C12H10Br2S3. The molecule has 0 radical (unpaired) electrons. The lowest BCUT2D eigenvalue weighted by Crippen LogP contribution is -1.96. The average Bonchev–Trinajstić information content (AvgIpc) is 2.93. The van der Waals surface area contributed by atoms with Crippen molar-refractivity contribution in [3.63, 3.8) is 0 Å². The summed E-state index contributed by atoms with van der Waals surface area (Å²) >= 11 is 13.2. The van der Waals surface area contributed by atoms with Gasteiger partial charge in [-0.05, 0) is 51.9 Å². The normalized spacial score (nSPS) is 16.8. The second kappa shape index (κ2) is 5.37. The average molecular weight is 410 g/mol. The summed E-state index contributed by atoms with van der Waals surface area (Å²) in [5.41, 5.74) is 1.56. The van der Waals surface area contributed by atoms with E-state index in [9.17, 15) is 0 Å². The van der Waals surface area contributed by atoms with Gasteiger partial charge in [0.15, 0.2) is 0 Å². The van der Waals surface area contributed by atoms with Gasteiger partial charge < -0.3 is 0 Å². The molecule has 3 heterocycles. The monoisotopic (exact) mass is 408 g/mol. The number of alkyl halides is 1. The fourth-order valence-corrected chi connectivity index (χ4v) is 6.61. The van der Waals surface area contributed by atoms with Crippen LogP contribution in [-0.2, 0) is 12.2 Å². The van der Waals surface area contributed by atoms with Crippen molar-refractivity contribution in [3.05, 3.63) is 42.2 Å². The Bertz CT molecular complexity index is 506. The molecule has 2 aromatic rings. The van der Waals surface area contributed by atoms with E-state index in [1.165, 1.54) is 31.5 Å². The molecule has 1 aliphatic rings. The maximum Gasteiger partial charge on any atom is 0.0831 e. The molecule has 1 aliphatic heterocycles. The number of aryl methyl sites for hydroxylation is 1. The van der Waals surface area contributed by atoms with Crippen molar-refractivity contribution in [2.75, 3.05) is 5.75 Å². The number of rotatable bonds is 2. The maximum absolute atomic E-state index is 3.83. The summed E-state index contributed by atoms with van der Waals surface area (Å²) in [5.74, 6) is 2.48. The van der Waals surface area contributed by atoms with Gasteiger partial charge in [0.25, 0.3) is 0 Å². The predicted octanol–water partition coefficient (Wildman–Crippen LogP) is 5.85. The number of thioether (sulfide) groups is 1. The third-order valence-corrected chi connectivity index (χ3v) is 8.33. The molecule has 90 valence electrons. The minimum Gasteiger partial charge on any atom is -0.157 e. The molecule has 3 rings (SSSR count). The van der Waals surface area contributed by atoms with Crippen molar-refractivity contribution in [3.8, 4) is 0 Å². The van der Waals surface area contributed by atoms with Crippen molar-refractivity contribution < 1.29 is 0 Å². The molecular weight excluding hydrogens is 400 g/mol. The zero-order valence-electron chi connectivity index (χ0n) is 8.91. The summed E-state index contributed by atoms with van der Waals surface area (Å²) in [6.45, 7) is 0. The second-order valence-electron chi connectivity index (χ2n) is 3.90. The Morgan fingerprint density at radius 1 is 1.18 bits per heavy atom. The topological polar surface area (TPSA) is 0 Å². The molecule has 0 amide bonds. The highest BCUT2D eigenvalue weighted by Crippen LogP contribution is 2.42. The summed E-state index contributed by atoms with van der Waals surface area (Å²) < 4.78 is 1.20. The first-order valence-electron chi connectivity index (χ1n) is 5.32. The Balaban J connectivity index is 1.91. The van der Waals surface area contributed by atoms with Crippen LogP contribution in [0, 0.1) is 0 Å². The van der Waals surface area contributed by atoms with E-state index in [4.69, 9.17) is 0 Å². The van der Waals surface area contributed by atoms with Crippen LogP contribution in [0.4, 0.5) is 0 Å². The molecule has 0 spiro atoms. The third kappa shape index (κ3) is 2.68. The van der Waals surface area contributed by atoms with Crippen LogP contribution < -0.4 is 0 Å². The number of hydrogen-bond donors (Lipinski definition) is 0. The van der Waals surface area contributed by atoms with Gasteiger partial charge in [0.2, 0.25) is 0 Å². The molecule has 1 atom stereocenters. The third-order valence-electron chi connectivity index (χ3n) is 2.74. The lowest BCUT2D eigenvalue weighted by atomic mass is 10.2. The summed E-state index contributed by atoms with van der Waals surface area (Å²) in [6.07, 6.45) is 1.25. The van der Waals surface area contributed by atoms with Crippen LogP contribution in [0.5, 0.6) is 0 Å². The first kappa shape index (κ1) is 12.7. The smallest absolute Gasteiger partial charge is 0.0831 e. The van der Waals surface area contributed by atoms with E-state index < -0.39 is 0 Å². The molecule has 5 heteroatoms. The molecule has 0 saturated heterocycles. The van der Waals surface area contributed by atoms with Crippen LogP contribution in [0.25, 0.3) is 0 Å². The Kier molecular flexibility index (Phi) is 4.02. The van der Waals surface area contributed by atoms with Gasteiger partial charge in [-0.1, -0.05) is 15.9 Å². The zero-order valence-corrected chi connectivity index (χ0v) is 14.5. The molecule has 0 nitrogen and oxygen atoms in total. The fourth-order valence-electron chi connectivity index (χ4n) is 1.90. The largest absolute Gasteiger partial charge is 0.157 e. The Morgan fingerprint density at radius 2 is 2.06 bits per heavy atom. The minimum absolute atomic E-state index is 0.361. The lowest BCUT2D eigenvalue weighted by Gasteiger charge is -2.08. The standard InChI is InChI=1S/C12H10Br2S3/c13-11-2-1-9(17-11)12(14)10-5-7-6-15-4-3-8(7)16-10/h1-2,5,12H,3-4,6H2. The van der Waals surface area contributed by atoms with Crippen LogP contribution in [-0.4, -0.2) is 5.75 Å². The number of fused-ring (bicyclic) bond motifs is 1. The van der Waals surface area contributed by atoms with E-state index in [0.29, 0.717) is 4.83 Å². The Labute approximate surface area is 130 Å². The van der Waals surface area contributed by atoms with Crippen LogP contribution in [0.15, 0.2) is 22.0 Å². The first-order valence-corrected chi connectivity index (χ1v) is 9.82. The number of thiophene rings is 2. The first-order chi connectivity index (χ1) is 8.24. The van der Waals surface area contributed by atoms with Crippen molar-refractivity contribution >= 4 is 66.3 Å².